The van der Waals surface area contributed by atoms with E-state index in [-0.39, 0.29) is 12.0 Å². The predicted molar refractivity (Wildman–Crippen MR) is 55.6 cm³/mol. The van der Waals surface area contributed by atoms with E-state index in [1.165, 1.54) is 0 Å². The molecule has 0 radical (unpaired) electrons. The minimum atomic E-state index is -1.47. The van der Waals surface area contributed by atoms with Crippen LogP contribution in [0, 0.1) is 22.7 Å². The summed E-state index contributed by atoms with van der Waals surface area (Å²) in [6.07, 6.45) is 0.139. The van der Waals surface area contributed by atoms with Gasteiger partial charge in [0.1, 0.15) is 0 Å². The third kappa shape index (κ3) is 0.969. The van der Waals surface area contributed by atoms with Gasteiger partial charge < -0.3 is 14.2 Å². The summed E-state index contributed by atoms with van der Waals surface area (Å²) in [7, 11) is 0. The van der Waals surface area contributed by atoms with Crippen LogP contribution in [0.3, 0.4) is 0 Å². The van der Waals surface area contributed by atoms with Gasteiger partial charge in [-0.1, -0.05) is 13.5 Å². The van der Waals surface area contributed by atoms with E-state index in [0.717, 1.165) is 6.08 Å². The average molecular weight is 249 g/mol. The van der Waals surface area contributed by atoms with Crippen LogP contribution in [0.5, 0.6) is 0 Å². The van der Waals surface area contributed by atoms with Crippen molar-refractivity contribution in [2.75, 3.05) is 0 Å². The summed E-state index contributed by atoms with van der Waals surface area (Å²) in [6, 6.07) is 1.97. The van der Waals surface area contributed by atoms with Crippen LogP contribution in [0.4, 0.5) is 0 Å². The number of carbonyl (C=O) groups excluding carboxylic acids is 2. The number of nitrogens with zero attached hydrogens (tertiary/aromatic N) is 1. The van der Waals surface area contributed by atoms with Crippen molar-refractivity contribution in [2.45, 2.75) is 31.3 Å². The van der Waals surface area contributed by atoms with Crippen LogP contribution in [0.25, 0.3) is 0 Å². The van der Waals surface area contributed by atoms with Crippen molar-refractivity contribution in [1.82, 2.24) is 0 Å². The van der Waals surface area contributed by atoms with Crippen molar-refractivity contribution in [3.63, 3.8) is 0 Å². The molecule has 3 aliphatic rings. The molecule has 3 heterocycles. The highest BCUT2D eigenvalue weighted by molar-refractivity contribution is 5.87. The van der Waals surface area contributed by atoms with E-state index in [1.54, 1.807) is 6.92 Å². The van der Waals surface area contributed by atoms with Crippen molar-refractivity contribution in [1.29, 1.82) is 5.26 Å². The van der Waals surface area contributed by atoms with Crippen molar-refractivity contribution in [2.24, 2.45) is 11.3 Å². The quantitative estimate of drug-likeness (QED) is 0.516. The maximum Gasteiger partial charge on any atom is 0.333 e. The van der Waals surface area contributed by atoms with Gasteiger partial charge in [0.2, 0.25) is 0 Å². The standard InChI is InChI=1S/C12H11NO5/c1-3-8(14)17-12-6(2)7-4-11(5-13,9(12)16-7)10(15)18-12/h3,6-7,9H,1,4H2,2H3. The molecular formula is C12H11NO5. The lowest BCUT2D eigenvalue weighted by atomic mass is 9.71. The van der Waals surface area contributed by atoms with Crippen molar-refractivity contribution >= 4 is 11.9 Å². The molecule has 6 nitrogen and oxygen atoms in total. The number of nitriles is 1. The molecule has 94 valence electrons. The molecule has 5 atom stereocenters. The number of esters is 2. The molecule has 18 heavy (non-hydrogen) atoms. The fraction of sp³-hybridized carbons (Fsp3) is 0.583. The number of hydrogen-bond acceptors (Lipinski definition) is 6. The zero-order valence-electron chi connectivity index (χ0n) is 9.71. The Morgan fingerprint density at radius 2 is 2.44 bits per heavy atom. The Balaban J connectivity index is 2.06. The third-order valence-electron chi connectivity index (χ3n) is 4.08. The Morgan fingerprint density at radius 3 is 3.00 bits per heavy atom. The molecular weight excluding hydrogens is 238 g/mol. The first-order valence-corrected chi connectivity index (χ1v) is 5.66. The van der Waals surface area contributed by atoms with Crippen LogP contribution in [0.15, 0.2) is 12.7 Å². The van der Waals surface area contributed by atoms with Crippen LogP contribution in [0.1, 0.15) is 13.3 Å². The highest BCUT2D eigenvalue weighted by Gasteiger charge is 2.81. The number of rotatable bonds is 2. The molecule has 0 N–H and O–H groups in total. The van der Waals surface area contributed by atoms with Crippen LogP contribution in [0.2, 0.25) is 0 Å². The van der Waals surface area contributed by atoms with Gasteiger partial charge in [0.25, 0.3) is 5.79 Å². The van der Waals surface area contributed by atoms with E-state index in [1.807, 2.05) is 6.07 Å². The predicted octanol–water partition coefficient (Wildman–Crippen LogP) is 0.286. The fourth-order valence-corrected chi connectivity index (χ4v) is 3.08. The topological polar surface area (TPSA) is 85.6 Å². The Labute approximate surface area is 103 Å². The Kier molecular flexibility index (Phi) is 1.95. The Hall–Kier alpha value is -1.87. The maximum absolute atomic E-state index is 11.9. The lowest BCUT2D eigenvalue weighted by molar-refractivity contribution is -0.229. The molecule has 0 amide bonds. The lowest BCUT2D eigenvalue weighted by Crippen LogP contribution is -2.51. The van der Waals surface area contributed by atoms with Gasteiger partial charge in [-0.3, -0.25) is 4.79 Å². The molecule has 0 spiro atoms. The van der Waals surface area contributed by atoms with Crippen LogP contribution in [-0.2, 0) is 23.8 Å². The van der Waals surface area contributed by atoms with Gasteiger partial charge >= 0.3 is 11.9 Å². The minimum Gasteiger partial charge on any atom is -0.418 e. The van der Waals surface area contributed by atoms with Gasteiger partial charge in [0, 0.05) is 12.5 Å². The van der Waals surface area contributed by atoms with Crippen molar-refractivity contribution in [3.8, 4) is 6.07 Å². The molecule has 6 heteroatoms. The minimum absolute atomic E-state index is 0.292. The van der Waals surface area contributed by atoms with E-state index < -0.39 is 29.2 Å². The molecule has 2 bridgehead atoms. The molecule has 3 fully saturated rings. The third-order valence-corrected chi connectivity index (χ3v) is 4.08. The highest BCUT2D eigenvalue weighted by Crippen LogP contribution is 2.62. The van der Waals surface area contributed by atoms with Gasteiger partial charge in [0.15, 0.2) is 11.5 Å². The van der Waals surface area contributed by atoms with Gasteiger partial charge in [0.05, 0.1) is 18.1 Å². The maximum atomic E-state index is 11.9. The zero-order chi connectivity index (χ0) is 13.1. The summed E-state index contributed by atoms with van der Waals surface area (Å²) >= 11 is 0. The number of carbonyl (C=O) groups is 2. The number of fused-ring (bicyclic) bond motifs is 1. The second-order valence-corrected chi connectivity index (χ2v) is 4.87. The van der Waals surface area contributed by atoms with Crippen molar-refractivity contribution < 1.29 is 23.8 Å². The first-order valence-electron chi connectivity index (χ1n) is 5.66. The molecule has 3 saturated heterocycles. The molecule has 0 aromatic heterocycles. The Morgan fingerprint density at radius 1 is 1.72 bits per heavy atom. The molecule has 0 aromatic carbocycles. The number of ether oxygens (including phenoxy) is 3. The summed E-state index contributed by atoms with van der Waals surface area (Å²) in [5, 5.41) is 9.24. The summed E-state index contributed by atoms with van der Waals surface area (Å²) in [4.78, 5) is 23.3. The Bertz CT molecular complexity index is 509. The summed E-state index contributed by atoms with van der Waals surface area (Å²) in [5.41, 5.74) is -1.33. The average Bonchev–Trinajstić information content (AvgIpc) is 2.91. The van der Waals surface area contributed by atoms with Crippen LogP contribution in [-0.4, -0.2) is 29.9 Å². The summed E-state index contributed by atoms with van der Waals surface area (Å²) in [6.45, 7) is 5.08. The van der Waals surface area contributed by atoms with Gasteiger partial charge in [-0.05, 0) is 0 Å². The van der Waals surface area contributed by atoms with Gasteiger partial charge in [-0.15, -0.1) is 0 Å². The SMILES string of the molecule is C=CC(=O)OC12OC(=O)C3(C#N)CC(OC31)C2C. The highest BCUT2D eigenvalue weighted by atomic mass is 16.8. The molecule has 5 unspecified atom stereocenters. The fourth-order valence-electron chi connectivity index (χ4n) is 3.08. The van der Waals surface area contributed by atoms with Gasteiger partial charge in [-0.25, -0.2) is 4.79 Å². The smallest absolute Gasteiger partial charge is 0.333 e. The summed E-state index contributed by atoms with van der Waals surface area (Å²) in [5.74, 6) is -3.13. The molecule has 0 aliphatic carbocycles. The first-order chi connectivity index (χ1) is 8.50. The monoisotopic (exact) mass is 249 g/mol. The first kappa shape index (κ1) is 11.2. The van der Waals surface area contributed by atoms with E-state index in [4.69, 9.17) is 14.2 Å². The van der Waals surface area contributed by atoms with E-state index in [9.17, 15) is 14.9 Å². The van der Waals surface area contributed by atoms with Crippen LogP contribution >= 0.6 is 0 Å². The lowest BCUT2D eigenvalue weighted by Gasteiger charge is -2.33. The molecule has 0 saturated carbocycles. The van der Waals surface area contributed by atoms with E-state index >= 15 is 0 Å². The largest absolute Gasteiger partial charge is 0.418 e. The van der Waals surface area contributed by atoms with E-state index in [0.29, 0.717) is 6.42 Å². The second-order valence-electron chi connectivity index (χ2n) is 4.87. The molecule has 3 aliphatic heterocycles. The van der Waals surface area contributed by atoms with Gasteiger partial charge in [-0.2, -0.15) is 5.26 Å². The molecule has 0 aromatic rings. The second kappa shape index (κ2) is 3.12. The number of hydrogen-bond donors (Lipinski definition) is 0. The zero-order valence-corrected chi connectivity index (χ0v) is 9.71. The van der Waals surface area contributed by atoms with Crippen molar-refractivity contribution in [3.05, 3.63) is 12.7 Å². The normalized spacial score (nSPS) is 47.6. The summed E-state index contributed by atoms with van der Waals surface area (Å²) < 4.78 is 16.0. The van der Waals surface area contributed by atoms with E-state index in [2.05, 4.69) is 6.58 Å². The molecule has 3 rings (SSSR count). The van der Waals surface area contributed by atoms with Crippen LogP contribution < -0.4 is 0 Å².